The van der Waals surface area contributed by atoms with E-state index < -0.39 is 12.0 Å². The lowest BCUT2D eigenvalue weighted by Crippen LogP contribution is -2.36. The fraction of sp³-hybridized carbons (Fsp3) is 0.778. The summed E-state index contributed by atoms with van der Waals surface area (Å²) in [5, 5.41) is 8.79. The molecule has 0 aromatic heterocycles. The smallest absolute Gasteiger partial charge is 0.320 e. The second-order valence-electron chi connectivity index (χ2n) is 3.16. The summed E-state index contributed by atoms with van der Waals surface area (Å²) >= 11 is 0. The molecule has 82 valence electrons. The summed E-state index contributed by atoms with van der Waals surface area (Å²) in [5.74, 6) is -1.26. The van der Waals surface area contributed by atoms with Crippen LogP contribution in [0.15, 0.2) is 0 Å². The zero-order valence-electron chi connectivity index (χ0n) is 8.82. The molecule has 5 nitrogen and oxygen atoms in total. The zero-order chi connectivity index (χ0) is 11.1. The van der Waals surface area contributed by atoms with E-state index in [9.17, 15) is 9.59 Å². The van der Waals surface area contributed by atoms with Gasteiger partial charge in [-0.1, -0.05) is 0 Å². The number of hydrogen-bond acceptors (Lipinski definition) is 4. The molecule has 14 heavy (non-hydrogen) atoms. The first-order chi connectivity index (χ1) is 6.49. The van der Waals surface area contributed by atoms with Crippen molar-refractivity contribution < 1.29 is 19.4 Å². The van der Waals surface area contributed by atoms with Crippen LogP contribution in [0.3, 0.4) is 0 Å². The molecule has 0 spiro atoms. The molecule has 0 aliphatic heterocycles. The maximum atomic E-state index is 11.0. The van der Waals surface area contributed by atoms with E-state index in [-0.39, 0.29) is 18.8 Å². The molecule has 0 bridgehead atoms. The highest BCUT2D eigenvalue weighted by Crippen LogP contribution is 2.04. The van der Waals surface area contributed by atoms with Crippen molar-refractivity contribution in [3.8, 4) is 0 Å². The summed E-state index contributed by atoms with van der Waals surface area (Å²) in [4.78, 5) is 23.2. The minimum absolute atomic E-state index is 0.142. The first-order valence-electron chi connectivity index (χ1n) is 4.53. The van der Waals surface area contributed by atoms with E-state index >= 15 is 0 Å². The number of carbonyl (C=O) groups is 2. The Hall–Kier alpha value is -1.10. The number of ether oxygens (including phenoxy) is 1. The van der Waals surface area contributed by atoms with Gasteiger partial charge in [0.1, 0.15) is 6.04 Å². The fourth-order valence-electron chi connectivity index (χ4n) is 1.09. The summed E-state index contributed by atoms with van der Waals surface area (Å²) in [5.41, 5.74) is 0. The van der Waals surface area contributed by atoms with Gasteiger partial charge in [-0.2, -0.15) is 0 Å². The SMILES string of the molecule is CCOC(=O)CCC(C(=O)O)N(C)C. The predicted molar refractivity (Wildman–Crippen MR) is 51.0 cm³/mol. The van der Waals surface area contributed by atoms with E-state index in [1.54, 1.807) is 25.9 Å². The van der Waals surface area contributed by atoms with E-state index in [2.05, 4.69) is 0 Å². The van der Waals surface area contributed by atoms with Crippen LogP contribution in [0.25, 0.3) is 0 Å². The normalized spacial score (nSPS) is 12.6. The lowest BCUT2D eigenvalue weighted by atomic mass is 10.1. The standard InChI is InChI=1S/C9H17NO4/c1-4-14-8(11)6-5-7(9(12)13)10(2)3/h7H,4-6H2,1-3H3,(H,12,13). The highest BCUT2D eigenvalue weighted by Gasteiger charge is 2.20. The van der Waals surface area contributed by atoms with Crippen molar-refractivity contribution in [2.45, 2.75) is 25.8 Å². The third kappa shape index (κ3) is 4.81. The van der Waals surface area contributed by atoms with Crippen LogP contribution < -0.4 is 0 Å². The van der Waals surface area contributed by atoms with E-state index in [4.69, 9.17) is 9.84 Å². The van der Waals surface area contributed by atoms with Crippen LogP contribution in [0.5, 0.6) is 0 Å². The van der Waals surface area contributed by atoms with Crippen LogP contribution in [-0.2, 0) is 14.3 Å². The van der Waals surface area contributed by atoms with Crippen molar-refractivity contribution in [1.29, 1.82) is 0 Å². The quantitative estimate of drug-likeness (QED) is 0.631. The highest BCUT2D eigenvalue weighted by molar-refractivity contribution is 5.75. The van der Waals surface area contributed by atoms with Crippen LogP contribution in [0.1, 0.15) is 19.8 Å². The first kappa shape index (κ1) is 12.9. The lowest BCUT2D eigenvalue weighted by Gasteiger charge is -2.19. The van der Waals surface area contributed by atoms with Crippen LogP contribution >= 0.6 is 0 Å². The van der Waals surface area contributed by atoms with Gasteiger partial charge in [0.2, 0.25) is 0 Å². The number of hydrogen-bond donors (Lipinski definition) is 1. The molecule has 0 aliphatic carbocycles. The zero-order valence-corrected chi connectivity index (χ0v) is 8.82. The summed E-state index contributed by atoms with van der Waals surface area (Å²) in [6, 6.07) is -0.626. The van der Waals surface area contributed by atoms with Crippen molar-refractivity contribution in [1.82, 2.24) is 4.90 Å². The van der Waals surface area contributed by atoms with Crippen molar-refractivity contribution in [3.63, 3.8) is 0 Å². The van der Waals surface area contributed by atoms with Crippen LogP contribution in [0.2, 0.25) is 0 Å². The number of carboxylic acid groups (broad SMARTS) is 1. The van der Waals surface area contributed by atoms with Gasteiger partial charge in [-0.05, 0) is 27.4 Å². The van der Waals surface area contributed by atoms with Gasteiger partial charge in [-0.25, -0.2) is 0 Å². The monoisotopic (exact) mass is 203 g/mol. The number of nitrogens with zero attached hydrogens (tertiary/aromatic N) is 1. The second-order valence-corrected chi connectivity index (χ2v) is 3.16. The summed E-state index contributed by atoms with van der Waals surface area (Å²) in [7, 11) is 3.34. The predicted octanol–water partition coefficient (Wildman–Crippen LogP) is 0.344. The molecule has 1 atom stereocenters. The Morgan fingerprint density at radius 3 is 2.36 bits per heavy atom. The maximum absolute atomic E-state index is 11.0. The van der Waals surface area contributed by atoms with Crippen LogP contribution in [0.4, 0.5) is 0 Å². The van der Waals surface area contributed by atoms with Gasteiger partial charge in [-0.15, -0.1) is 0 Å². The van der Waals surface area contributed by atoms with Crippen molar-refractivity contribution in [2.75, 3.05) is 20.7 Å². The van der Waals surface area contributed by atoms with E-state index in [1.807, 2.05) is 0 Å². The summed E-state index contributed by atoms with van der Waals surface area (Å²) in [6.45, 7) is 2.05. The number of likely N-dealkylation sites (N-methyl/N-ethyl adjacent to an activating group) is 1. The fourth-order valence-corrected chi connectivity index (χ4v) is 1.09. The Morgan fingerprint density at radius 2 is 2.00 bits per heavy atom. The van der Waals surface area contributed by atoms with Gasteiger partial charge < -0.3 is 9.84 Å². The third-order valence-electron chi connectivity index (χ3n) is 1.84. The van der Waals surface area contributed by atoms with Crippen LogP contribution in [-0.4, -0.2) is 48.7 Å². The van der Waals surface area contributed by atoms with Crippen LogP contribution in [0, 0.1) is 0 Å². The largest absolute Gasteiger partial charge is 0.480 e. The molecule has 5 heteroatoms. The Kier molecular flexibility index (Phi) is 5.87. The van der Waals surface area contributed by atoms with Crippen molar-refractivity contribution in [3.05, 3.63) is 0 Å². The lowest BCUT2D eigenvalue weighted by molar-refractivity contribution is -0.145. The minimum Gasteiger partial charge on any atom is -0.480 e. The Balaban J connectivity index is 3.94. The average Bonchev–Trinajstić information content (AvgIpc) is 2.03. The maximum Gasteiger partial charge on any atom is 0.320 e. The second kappa shape index (κ2) is 6.37. The Bertz CT molecular complexity index is 203. The highest BCUT2D eigenvalue weighted by atomic mass is 16.5. The van der Waals surface area contributed by atoms with Gasteiger partial charge in [0.05, 0.1) is 6.61 Å². The van der Waals surface area contributed by atoms with Gasteiger partial charge in [0.15, 0.2) is 0 Å². The van der Waals surface area contributed by atoms with Gasteiger partial charge in [0, 0.05) is 6.42 Å². The molecule has 1 N–H and O–H groups in total. The number of carbonyl (C=O) groups excluding carboxylic acids is 1. The van der Waals surface area contributed by atoms with Crippen molar-refractivity contribution >= 4 is 11.9 Å². The number of carboxylic acids is 1. The number of rotatable bonds is 6. The molecule has 0 aliphatic rings. The van der Waals surface area contributed by atoms with Gasteiger partial charge >= 0.3 is 11.9 Å². The molecule has 0 heterocycles. The van der Waals surface area contributed by atoms with E-state index in [0.29, 0.717) is 6.61 Å². The average molecular weight is 203 g/mol. The van der Waals surface area contributed by atoms with E-state index in [0.717, 1.165) is 0 Å². The molecule has 0 aromatic carbocycles. The van der Waals surface area contributed by atoms with Gasteiger partial charge in [-0.3, -0.25) is 14.5 Å². The summed E-state index contributed by atoms with van der Waals surface area (Å²) < 4.78 is 4.70. The summed E-state index contributed by atoms with van der Waals surface area (Å²) in [6.07, 6.45) is 0.421. The Morgan fingerprint density at radius 1 is 1.43 bits per heavy atom. The van der Waals surface area contributed by atoms with E-state index in [1.165, 1.54) is 0 Å². The molecule has 0 aromatic rings. The molecule has 0 saturated carbocycles. The van der Waals surface area contributed by atoms with Crippen molar-refractivity contribution in [2.24, 2.45) is 0 Å². The minimum atomic E-state index is -0.917. The third-order valence-corrected chi connectivity index (χ3v) is 1.84. The number of aliphatic carboxylic acids is 1. The molecule has 0 rings (SSSR count). The van der Waals surface area contributed by atoms with Gasteiger partial charge in [0.25, 0.3) is 0 Å². The number of esters is 1. The molecule has 0 saturated heterocycles. The molecule has 1 unspecified atom stereocenters. The molecule has 0 amide bonds. The Labute approximate surface area is 83.6 Å². The molecular formula is C9H17NO4. The molecule has 0 radical (unpaired) electrons. The first-order valence-corrected chi connectivity index (χ1v) is 4.53. The molecule has 0 fully saturated rings. The molecular weight excluding hydrogens is 186 g/mol. The topological polar surface area (TPSA) is 66.8 Å².